The average Bonchev–Trinajstić information content (AvgIpc) is 3.71. The molecular formula is C19H29N10O26P5. The number of ether oxygens (including phenoxy) is 2. The highest BCUT2D eigenvalue weighted by atomic mass is 31.3. The topological polar surface area (TPSA) is 566 Å². The standard InChI is InChI=1S/C10H16N5O14P3.C9H13N5O12P2/c11-10-13-7-4(8(18)14-10)12-2-15(7)9-6(17)5(16)3(27-9)1-26-31(22,23)29-32(24,25)28-30(19,20)21;10-13-12-3-1-14(9(18)11-7(3)17)8-6(16)5(15)4(25-8)2-24-28(22,23)26-27(19,20)21/h2-3,5-6,9,16-17H,1H2,(H,22,23)(H,24,25)(H2,19,20,21)(H3,11,13,14,18);1,4-6,8,15-16H,2H2,(H,22,23)(H,11,17,18)(H2,19,20,21)/t3-,5-,6-,9-;4-,5-,6-,8-/m11/s1. The number of rotatable bonds is 15. The Morgan fingerprint density at radius 2 is 1.23 bits per heavy atom. The summed E-state index contributed by atoms with van der Waals surface area (Å²) in [7, 11) is -27.4. The summed E-state index contributed by atoms with van der Waals surface area (Å²) in [5, 5.41) is 43.4. The maximum atomic E-state index is 11.9. The number of hydrogen-bond acceptors (Lipinski definition) is 23. The molecule has 3 aromatic heterocycles. The van der Waals surface area contributed by atoms with Gasteiger partial charge >= 0.3 is 44.8 Å². The van der Waals surface area contributed by atoms with Crippen LogP contribution in [-0.4, -0.2) is 134 Å². The third-order valence-corrected chi connectivity index (χ3v) is 13.2. The van der Waals surface area contributed by atoms with Gasteiger partial charge in [-0.15, -0.1) is 0 Å². The third kappa shape index (κ3) is 12.8. The smallest absolute Gasteiger partial charge is 0.387 e. The normalized spacial score (nSPS) is 27.6. The molecule has 0 amide bonds. The van der Waals surface area contributed by atoms with Crippen molar-refractivity contribution in [2.75, 3.05) is 18.9 Å². The highest BCUT2D eigenvalue weighted by Gasteiger charge is 2.48. The number of aromatic amines is 2. The maximum Gasteiger partial charge on any atom is 0.490 e. The van der Waals surface area contributed by atoms with Crippen LogP contribution in [0.4, 0.5) is 11.6 Å². The van der Waals surface area contributed by atoms with E-state index in [1.165, 1.54) is 0 Å². The maximum absolute atomic E-state index is 11.9. The second kappa shape index (κ2) is 18.5. The van der Waals surface area contributed by atoms with Gasteiger partial charge in [0.05, 0.1) is 19.5 Å². The summed E-state index contributed by atoms with van der Waals surface area (Å²) >= 11 is 0. The fourth-order valence-corrected chi connectivity index (χ4v) is 9.53. The number of nitrogen functional groups attached to an aromatic ring is 1. The van der Waals surface area contributed by atoms with Gasteiger partial charge in [0.2, 0.25) is 5.95 Å². The molecule has 5 heterocycles. The van der Waals surface area contributed by atoms with Crippen molar-refractivity contribution in [1.29, 1.82) is 0 Å². The first kappa shape index (κ1) is 49.2. The first-order valence-electron chi connectivity index (χ1n) is 15.1. The highest BCUT2D eigenvalue weighted by molar-refractivity contribution is 7.66. The summed E-state index contributed by atoms with van der Waals surface area (Å²) in [6.45, 7) is -2.00. The lowest BCUT2D eigenvalue weighted by molar-refractivity contribution is -0.0541. The van der Waals surface area contributed by atoms with Crippen LogP contribution in [-0.2, 0) is 54.3 Å². The average molecular weight is 968 g/mol. The molecule has 2 saturated heterocycles. The number of phosphoric ester groups is 2. The number of nitrogens with zero attached hydrogens (tertiary/aromatic N) is 7. The van der Waals surface area contributed by atoms with Crippen LogP contribution in [0.1, 0.15) is 12.5 Å². The van der Waals surface area contributed by atoms with E-state index in [1.54, 1.807) is 4.98 Å². The van der Waals surface area contributed by atoms with Crippen LogP contribution in [0.15, 0.2) is 32.0 Å². The molecule has 60 heavy (non-hydrogen) atoms. The summed E-state index contributed by atoms with van der Waals surface area (Å²) < 4.78 is 87.2. The molecule has 2 fully saturated rings. The van der Waals surface area contributed by atoms with Crippen molar-refractivity contribution in [2.24, 2.45) is 5.11 Å². The molecule has 0 spiro atoms. The molecule has 0 saturated carbocycles. The van der Waals surface area contributed by atoms with Crippen molar-refractivity contribution in [1.82, 2.24) is 29.1 Å². The van der Waals surface area contributed by atoms with Crippen molar-refractivity contribution in [3.05, 3.63) is 54.2 Å². The predicted octanol–water partition coefficient (Wildman–Crippen LogP) is -4.01. The number of aromatic nitrogens is 6. The number of imidazole rings is 1. The molecule has 0 radical (unpaired) electrons. The van der Waals surface area contributed by atoms with Crippen molar-refractivity contribution >= 4 is 61.9 Å². The lowest BCUT2D eigenvalue weighted by Crippen LogP contribution is -2.37. The Morgan fingerprint density at radius 1 is 0.750 bits per heavy atom. The number of aliphatic hydroxyl groups excluding tert-OH is 4. The highest BCUT2D eigenvalue weighted by Crippen LogP contribution is 2.66. The Labute approximate surface area is 327 Å². The Hall–Kier alpha value is -3.43. The first-order valence-corrected chi connectivity index (χ1v) is 22.7. The van der Waals surface area contributed by atoms with Crippen LogP contribution in [0.2, 0.25) is 0 Å². The second-order valence-corrected chi connectivity index (χ2v) is 18.7. The van der Waals surface area contributed by atoms with E-state index in [2.05, 4.69) is 47.0 Å². The lowest BCUT2D eigenvalue weighted by Gasteiger charge is -2.19. The molecule has 0 bridgehead atoms. The number of nitrogens with one attached hydrogen (secondary N) is 2. The van der Waals surface area contributed by atoms with Gasteiger partial charge in [-0.1, -0.05) is 5.11 Å². The van der Waals surface area contributed by atoms with Gasteiger partial charge in [0.1, 0.15) is 42.3 Å². The van der Waals surface area contributed by atoms with Gasteiger partial charge in [0, 0.05) is 11.1 Å². The number of nitrogens with two attached hydrogens (primary N) is 1. The SMILES string of the molecule is Nc1nc2c(ncn2[C@@H]2O[C@H](COP(=O)(O)OP(=O)(O)OP(=O)(O)O)[C@@H](O)[C@H]2O)c(=O)[nH]1.[N-]=[N+]=Nc1cn([C@@H]2O[C@H](COP(=O)(O)OP(=O)(O)O)[C@@H](O)[C@H]2O)c(=O)[nH]c1=O. The minimum Gasteiger partial charge on any atom is -0.387 e. The quantitative estimate of drug-likeness (QED) is 0.0299. The van der Waals surface area contributed by atoms with E-state index < -0.39 is 124 Å². The van der Waals surface area contributed by atoms with Crippen molar-refractivity contribution in [3.63, 3.8) is 0 Å². The van der Waals surface area contributed by atoms with Gasteiger partial charge in [-0.2, -0.15) is 17.9 Å². The molecule has 3 aromatic rings. The number of H-pyrrole nitrogens is 2. The van der Waals surface area contributed by atoms with Crippen LogP contribution >= 0.6 is 39.1 Å². The van der Waals surface area contributed by atoms with Crippen LogP contribution in [0.25, 0.3) is 21.6 Å². The number of azide groups is 1. The van der Waals surface area contributed by atoms with Crippen molar-refractivity contribution in [2.45, 2.75) is 49.1 Å². The van der Waals surface area contributed by atoms with Crippen LogP contribution in [0, 0.1) is 0 Å². The number of fused-ring (bicyclic) bond motifs is 1. The van der Waals surface area contributed by atoms with Gasteiger partial charge in [-0.3, -0.25) is 37.7 Å². The summed E-state index contributed by atoms with van der Waals surface area (Å²) in [4.78, 5) is 111. The summed E-state index contributed by atoms with van der Waals surface area (Å²) in [5.41, 5.74) is 10.2. The lowest BCUT2D eigenvalue weighted by atomic mass is 10.1. The fourth-order valence-electron chi connectivity index (χ4n) is 4.90. The largest absolute Gasteiger partial charge is 0.490 e. The van der Waals surface area contributed by atoms with Gasteiger partial charge < -0.3 is 69.9 Å². The molecule has 336 valence electrons. The molecule has 0 aromatic carbocycles. The minimum atomic E-state index is -5.73. The first-order chi connectivity index (χ1) is 27.4. The van der Waals surface area contributed by atoms with Crippen LogP contribution in [0.5, 0.6) is 0 Å². The number of aliphatic hydroxyl groups is 4. The molecule has 3 unspecified atom stereocenters. The molecule has 2 aliphatic heterocycles. The van der Waals surface area contributed by atoms with Gasteiger partial charge in [0.15, 0.2) is 23.6 Å². The van der Waals surface area contributed by atoms with E-state index in [9.17, 15) is 67.4 Å². The molecule has 41 heteroatoms. The zero-order chi connectivity index (χ0) is 45.3. The summed E-state index contributed by atoms with van der Waals surface area (Å²) in [6.07, 6.45) is -11.4. The van der Waals surface area contributed by atoms with Crippen molar-refractivity contribution < 1.29 is 109 Å². The van der Waals surface area contributed by atoms with Crippen molar-refractivity contribution in [3.8, 4) is 0 Å². The number of phosphoric acid groups is 5. The predicted molar refractivity (Wildman–Crippen MR) is 183 cm³/mol. The third-order valence-electron chi connectivity index (χ3n) is 7.20. The van der Waals surface area contributed by atoms with Gasteiger partial charge in [0.25, 0.3) is 11.1 Å². The molecule has 2 aliphatic rings. The molecule has 36 nitrogen and oxygen atoms in total. The monoisotopic (exact) mass is 968 g/mol. The van der Waals surface area contributed by atoms with E-state index in [0.29, 0.717) is 4.57 Å². The van der Waals surface area contributed by atoms with Gasteiger partial charge in [-0.25, -0.2) is 32.6 Å². The molecule has 15 N–H and O–H groups in total. The van der Waals surface area contributed by atoms with Gasteiger partial charge in [-0.05, 0) is 5.53 Å². The molecule has 11 atom stereocenters. The Morgan fingerprint density at radius 3 is 1.73 bits per heavy atom. The number of anilines is 1. The Bertz CT molecular complexity index is 2550. The van der Waals surface area contributed by atoms with Crippen LogP contribution < -0.4 is 22.5 Å². The molecule has 5 rings (SSSR count). The summed E-state index contributed by atoms with van der Waals surface area (Å²) in [5.74, 6) is -0.276. The molecular weight excluding hydrogens is 939 g/mol. The zero-order valence-electron chi connectivity index (χ0n) is 28.7. The Kier molecular flexibility index (Phi) is 15.2. The van der Waals surface area contributed by atoms with Crippen LogP contribution in [0.3, 0.4) is 0 Å². The molecule has 0 aliphatic carbocycles. The Balaban J connectivity index is 0.000000267. The van der Waals surface area contributed by atoms with E-state index in [0.717, 1.165) is 17.1 Å². The van der Waals surface area contributed by atoms with E-state index >= 15 is 0 Å². The number of hydrogen-bond donors (Lipinski definition) is 14. The van der Waals surface area contributed by atoms with E-state index in [-0.39, 0.29) is 17.1 Å². The van der Waals surface area contributed by atoms with E-state index in [4.69, 9.17) is 45.2 Å². The fraction of sp³-hybridized carbons (Fsp3) is 0.526. The minimum absolute atomic E-state index is 0.115. The summed E-state index contributed by atoms with van der Waals surface area (Å²) in [6, 6.07) is 0. The second-order valence-electron chi connectivity index (χ2n) is 11.5. The van der Waals surface area contributed by atoms with E-state index in [1.807, 2.05) is 0 Å². The zero-order valence-corrected chi connectivity index (χ0v) is 33.1.